The Morgan fingerprint density at radius 1 is 0.905 bits per heavy atom. The Morgan fingerprint density at radius 3 is 2.10 bits per heavy atom. The number of primary amides is 1. The van der Waals surface area contributed by atoms with Crippen LogP contribution in [0.3, 0.4) is 0 Å². The van der Waals surface area contributed by atoms with Gasteiger partial charge in [-0.15, -0.1) is 0 Å². The van der Waals surface area contributed by atoms with Gasteiger partial charge in [-0.3, -0.25) is 4.79 Å². The first-order valence-electron chi connectivity index (χ1n) is 7.69. The first kappa shape index (κ1) is 15.3. The van der Waals surface area contributed by atoms with Crippen molar-refractivity contribution in [3.8, 4) is 11.1 Å². The second kappa shape index (κ2) is 7.07. The highest BCUT2D eigenvalue weighted by atomic mass is 16.1. The van der Waals surface area contributed by atoms with E-state index < -0.39 is 0 Å². The third-order valence-corrected chi connectivity index (χ3v) is 3.78. The van der Waals surface area contributed by atoms with Crippen LogP contribution in [0.4, 0.5) is 0 Å². The highest BCUT2D eigenvalue weighted by molar-refractivity contribution is 5.95. The molecule has 2 aromatic rings. The highest BCUT2D eigenvalue weighted by Crippen LogP contribution is 2.30. The average molecular weight is 281 g/mol. The van der Waals surface area contributed by atoms with E-state index in [2.05, 4.69) is 26.0 Å². The lowest BCUT2D eigenvalue weighted by Gasteiger charge is -2.17. The molecule has 0 aliphatic carbocycles. The molecule has 110 valence electrons. The van der Waals surface area contributed by atoms with Crippen LogP contribution in [0, 0.1) is 0 Å². The maximum atomic E-state index is 11.7. The molecule has 0 fully saturated rings. The third-order valence-electron chi connectivity index (χ3n) is 3.78. The predicted octanol–water partition coefficient (Wildman–Crippen LogP) is 4.36. The largest absolute Gasteiger partial charge is 0.366 e. The summed E-state index contributed by atoms with van der Waals surface area (Å²) in [6.45, 7) is 4.30. The number of hydrogen-bond acceptors (Lipinski definition) is 1. The zero-order chi connectivity index (χ0) is 15.2. The fraction of sp³-hybridized carbons (Fsp3) is 0.316. The predicted molar refractivity (Wildman–Crippen MR) is 88.4 cm³/mol. The lowest BCUT2D eigenvalue weighted by molar-refractivity contribution is 0.0999. The molecule has 21 heavy (non-hydrogen) atoms. The van der Waals surface area contributed by atoms with E-state index >= 15 is 0 Å². The number of nitrogens with two attached hydrogens (primary N) is 1. The van der Waals surface area contributed by atoms with E-state index in [4.69, 9.17) is 5.73 Å². The van der Waals surface area contributed by atoms with E-state index in [9.17, 15) is 4.79 Å². The molecule has 2 aromatic carbocycles. The van der Waals surface area contributed by atoms with Crippen LogP contribution in [-0.4, -0.2) is 5.91 Å². The van der Waals surface area contributed by atoms with Crippen molar-refractivity contribution in [3.05, 3.63) is 59.2 Å². The van der Waals surface area contributed by atoms with Crippen LogP contribution >= 0.6 is 0 Å². The molecule has 0 aromatic heterocycles. The van der Waals surface area contributed by atoms with Gasteiger partial charge >= 0.3 is 0 Å². The Balaban J connectivity index is 2.66. The minimum absolute atomic E-state index is 0.324. The molecule has 0 saturated heterocycles. The molecular weight excluding hydrogens is 258 g/mol. The molecule has 2 nitrogen and oxygen atoms in total. The van der Waals surface area contributed by atoms with Gasteiger partial charge in [0.2, 0.25) is 5.91 Å². The summed E-state index contributed by atoms with van der Waals surface area (Å²) in [5.41, 5.74) is 11.1. The summed E-state index contributed by atoms with van der Waals surface area (Å²) in [7, 11) is 0. The molecule has 0 aliphatic heterocycles. The van der Waals surface area contributed by atoms with Crippen molar-refractivity contribution >= 4 is 5.91 Å². The van der Waals surface area contributed by atoms with Gasteiger partial charge in [0, 0.05) is 5.56 Å². The molecule has 2 heteroatoms. The SMILES string of the molecule is CCCc1c(C(N)=O)ccc(-c2ccccc2)c1CCC. The molecule has 0 bridgehead atoms. The molecule has 0 heterocycles. The molecule has 1 amide bonds. The zero-order valence-corrected chi connectivity index (χ0v) is 12.9. The van der Waals surface area contributed by atoms with E-state index in [0.29, 0.717) is 5.56 Å². The molecule has 0 atom stereocenters. The van der Waals surface area contributed by atoms with Crippen LogP contribution in [0.25, 0.3) is 11.1 Å². The van der Waals surface area contributed by atoms with Crippen molar-refractivity contribution in [2.45, 2.75) is 39.5 Å². The van der Waals surface area contributed by atoms with Gasteiger partial charge in [0.15, 0.2) is 0 Å². The lowest BCUT2D eigenvalue weighted by Crippen LogP contribution is -2.15. The van der Waals surface area contributed by atoms with Crippen molar-refractivity contribution in [3.63, 3.8) is 0 Å². The number of amides is 1. The monoisotopic (exact) mass is 281 g/mol. The van der Waals surface area contributed by atoms with Crippen LogP contribution in [0.5, 0.6) is 0 Å². The quantitative estimate of drug-likeness (QED) is 0.840. The van der Waals surface area contributed by atoms with Gasteiger partial charge in [-0.25, -0.2) is 0 Å². The fourth-order valence-corrected chi connectivity index (χ4v) is 2.88. The molecule has 0 saturated carbocycles. The Morgan fingerprint density at radius 2 is 1.52 bits per heavy atom. The number of benzene rings is 2. The van der Waals surface area contributed by atoms with Gasteiger partial charge in [-0.2, -0.15) is 0 Å². The van der Waals surface area contributed by atoms with Crippen molar-refractivity contribution < 1.29 is 4.79 Å². The van der Waals surface area contributed by atoms with Gasteiger partial charge in [0.1, 0.15) is 0 Å². The molecule has 0 radical (unpaired) electrons. The topological polar surface area (TPSA) is 43.1 Å². The Bertz CT molecular complexity index is 617. The van der Waals surface area contributed by atoms with Gasteiger partial charge in [0.05, 0.1) is 0 Å². The van der Waals surface area contributed by atoms with Gasteiger partial charge in [0.25, 0.3) is 0 Å². The van der Waals surface area contributed by atoms with Crippen LogP contribution in [0.1, 0.15) is 48.2 Å². The summed E-state index contributed by atoms with van der Waals surface area (Å²) in [6, 6.07) is 14.3. The van der Waals surface area contributed by atoms with E-state index in [0.717, 1.165) is 31.2 Å². The van der Waals surface area contributed by atoms with Crippen LogP contribution in [0.2, 0.25) is 0 Å². The molecule has 0 spiro atoms. The van der Waals surface area contributed by atoms with Crippen molar-refractivity contribution in [1.29, 1.82) is 0 Å². The summed E-state index contributed by atoms with van der Waals surface area (Å²) >= 11 is 0. The summed E-state index contributed by atoms with van der Waals surface area (Å²) < 4.78 is 0. The zero-order valence-electron chi connectivity index (χ0n) is 12.9. The Labute approximate surface area is 127 Å². The summed E-state index contributed by atoms with van der Waals surface area (Å²) in [5.74, 6) is -0.324. The molecule has 2 rings (SSSR count). The fourth-order valence-electron chi connectivity index (χ4n) is 2.88. The van der Waals surface area contributed by atoms with E-state index in [-0.39, 0.29) is 5.91 Å². The number of hydrogen-bond donors (Lipinski definition) is 1. The average Bonchev–Trinajstić information content (AvgIpc) is 2.49. The first-order valence-corrected chi connectivity index (χ1v) is 7.69. The van der Waals surface area contributed by atoms with E-state index in [1.807, 2.05) is 30.3 Å². The van der Waals surface area contributed by atoms with Gasteiger partial charge in [-0.1, -0.05) is 63.1 Å². The van der Waals surface area contributed by atoms with Crippen LogP contribution < -0.4 is 5.73 Å². The molecule has 0 unspecified atom stereocenters. The van der Waals surface area contributed by atoms with Crippen LogP contribution in [0.15, 0.2) is 42.5 Å². The number of carbonyl (C=O) groups excluding carboxylic acids is 1. The normalized spacial score (nSPS) is 10.6. The molecule has 2 N–H and O–H groups in total. The second-order valence-electron chi connectivity index (χ2n) is 5.35. The molecular formula is C19H23NO. The maximum Gasteiger partial charge on any atom is 0.248 e. The van der Waals surface area contributed by atoms with Gasteiger partial charge in [-0.05, 0) is 41.2 Å². The van der Waals surface area contributed by atoms with Gasteiger partial charge < -0.3 is 5.73 Å². The van der Waals surface area contributed by atoms with Crippen LogP contribution in [-0.2, 0) is 12.8 Å². The number of rotatable bonds is 6. The maximum absolute atomic E-state index is 11.7. The lowest BCUT2D eigenvalue weighted by atomic mass is 9.87. The minimum Gasteiger partial charge on any atom is -0.366 e. The van der Waals surface area contributed by atoms with E-state index in [1.54, 1.807) is 0 Å². The highest BCUT2D eigenvalue weighted by Gasteiger charge is 2.16. The van der Waals surface area contributed by atoms with Crippen molar-refractivity contribution in [2.75, 3.05) is 0 Å². The smallest absolute Gasteiger partial charge is 0.248 e. The van der Waals surface area contributed by atoms with Crippen molar-refractivity contribution in [2.24, 2.45) is 5.73 Å². The number of carbonyl (C=O) groups is 1. The third kappa shape index (κ3) is 3.33. The summed E-state index contributed by atoms with van der Waals surface area (Å²) in [4.78, 5) is 11.7. The Kier molecular flexibility index (Phi) is 5.15. The molecule has 0 aliphatic rings. The van der Waals surface area contributed by atoms with E-state index in [1.165, 1.54) is 16.7 Å². The summed E-state index contributed by atoms with van der Waals surface area (Å²) in [5, 5.41) is 0. The standard InChI is InChI=1S/C19H23NO/c1-3-8-16-15(14-10-6-5-7-11-14)12-13-18(19(20)21)17(16)9-4-2/h5-7,10-13H,3-4,8-9H2,1-2H3,(H2,20,21). The minimum atomic E-state index is -0.324. The van der Waals surface area contributed by atoms with Crippen molar-refractivity contribution in [1.82, 2.24) is 0 Å². The Hall–Kier alpha value is -2.09. The second-order valence-corrected chi connectivity index (χ2v) is 5.35. The summed E-state index contributed by atoms with van der Waals surface area (Å²) in [6.07, 6.45) is 3.93. The first-order chi connectivity index (χ1) is 10.2.